The molecule has 1 fully saturated rings. The van der Waals surface area contributed by atoms with Crippen LogP contribution in [0, 0.1) is 17.8 Å². The van der Waals surface area contributed by atoms with E-state index in [1.165, 1.54) is 12.8 Å². The van der Waals surface area contributed by atoms with Crippen LogP contribution in [-0.2, 0) is 0 Å². The monoisotopic (exact) mass is 178 g/mol. The van der Waals surface area contributed by atoms with Crippen molar-refractivity contribution in [1.82, 2.24) is 0 Å². The van der Waals surface area contributed by atoms with Crippen molar-refractivity contribution in [1.29, 1.82) is 0 Å². The van der Waals surface area contributed by atoms with Gasteiger partial charge in [0, 0.05) is 0 Å². The predicted octanol–water partition coefficient (Wildman–Crippen LogP) is 2.53. The molecule has 0 aliphatic heterocycles. The van der Waals surface area contributed by atoms with Gasteiger partial charge < -0.3 is 5.11 Å². The molecule has 2 aliphatic carbocycles. The highest BCUT2D eigenvalue weighted by Crippen LogP contribution is 2.44. The lowest BCUT2D eigenvalue weighted by atomic mass is 9.91. The molecule has 0 unspecified atom stereocenters. The Bertz CT molecular complexity index is 250. The summed E-state index contributed by atoms with van der Waals surface area (Å²) >= 11 is 0. The molecule has 0 aromatic heterocycles. The Hall–Kier alpha value is -0.560. The van der Waals surface area contributed by atoms with E-state index in [0.717, 1.165) is 17.4 Å². The zero-order chi connectivity index (χ0) is 9.42. The summed E-state index contributed by atoms with van der Waals surface area (Å²) in [7, 11) is 0. The number of hydrogen-bond donors (Lipinski definition) is 1. The summed E-state index contributed by atoms with van der Waals surface area (Å²) < 4.78 is 0. The van der Waals surface area contributed by atoms with E-state index in [0.29, 0.717) is 5.92 Å². The summed E-state index contributed by atoms with van der Waals surface area (Å²) in [5, 5.41) is 9.37. The highest BCUT2D eigenvalue weighted by Gasteiger charge is 2.34. The van der Waals surface area contributed by atoms with Gasteiger partial charge in [-0.25, -0.2) is 0 Å². The molecule has 0 saturated heterocycles. The maximum absolute atomic E-state index is 9.37. The number of aliphatic hydroxyl groups excluding tert-OH is 1. The number of allylic oxidation sites excluding steroid dienone is 3. The first kappa shape index (κ1) is 9.01. The molecule has 0 heterocycles. The average molecular weight is 178 g/mol. The van der Waals surface area contributed by atoms with E-state index in [9.17, 15) is 5.11 Å². The fourth-order valence-corrected chi connectivity index (χ4v) is 2.49. The van der Waals surface area contributed by atoms with Crippen LogP contribution in [-0.4, -0.2) is 11.2 Å². The first-order valence-corrected chi connectivity index (χ1v) is 5.21. The van der Waals surface area contributed by atoms with Gasteiger partial charge in [-0.3, -0.25) is 0 Å². The van der Waals surface area contributed by atoms with Crippen LogP contribution in [0.25, 0.3) is 0 Å². The van der Waals surface area contributed by atoms with Gasteiger partial charge >= 0.3 is 0 Å². The molecule has 0 amide bonds. The van der Waals surface area contributed by atoms with Crippen molar-refractivity contribution < 1.29 is 5.11 Å². The fraction of sp³-hybridized carbons (Fsp3) is 0.667. The molecule has 0 aromatic carbocycles. The third kappa shape index (κ3) is 1.71. The van der Waals surface area contributed by atoms with Crippen LogP contribution < -0.4 is 0 Å². The molecule has 72 valence electrons. The van der Waals surface area contributed by atoms with Crippen LogP contribution >= 0.6 is 0 Å². The van der Waals surface area contributed by atoms with Gasteiger partial charge in [0.25, 0.3) is 0 Å². The van der Waals surface area contributed by atoms with Crippen molar-refractivity contribution in [3.63, 3.8) is 0 Å². The number of rotatable bonds is 2. The lowest BCUT2D eigenvalue weighted by Gasteiger charge is -2.15. The largest absolute Gasteiger partial charge is 0.389 e. The minimum atomic E-state index is -0.275. The van der Waals surface area contributed by atoms with E-state index in [1.807, 2.05) is 13.8 Å². The van der Waals surface area contributed by atoms with Gasteiger partial charge in [0.2, 0.25) is 0 Å². The first-order chi connectivity index (χ1) is 6.16. The van der Waals surface area contributed by atoms with Crippen LogP contribution in [0.15, 0.2) is 23.8 Å². The molecule has 4 atom stereocenters. The van der Waals surface area contributed by atoms with Crippen LogP contribution in [0.2, 0.25) is 0 Å². The predicted molar refractivity (Wildman–Crippen MR) is 54.3 cm³/mol. The Morgan fingerprint density at radius 3 is 2.69 bits per heavy atom. The van der Waals surface area contributed by atoms with Gasteiger partial charge in [0.15, 0.2) is 0 Å². The van der Waals surface area contributed by atoms with E-state index in [4.69, 9.17) is 0 Å². The maximum Gasteiger partial charge on any atom is 0.0719 e. The van der Waals surface area contributed by atoms with E-state index in [2.05, 4.69) is 18.2 Å². The second kappa shape index (κ2) is 3.30. The molecule has 1 heteroatoms. The van der Waals surface area contributed by atoms with Crippen LogP contribution in [0.5, 0.6) is 0 Å². The Labute approximate surface area is 80.2 Å². The highest BCUT2D eigenvalue weighted by molar-refractivity contribution is 5.17. The zero-order valence-corrected chi connectivity index (χ0v) is 8.40. The van der Waals surface area contributed by atoms with Crippen LogP contribution in [0.4, 0.5) is 0 Å². The van der Waals surface area contributed by atoms with Gasteiger partial charge in [0.05, 0.1) is 6.10 Å². The first-order valence-electron chi connectivity index (χ1n) is 5.21. The zero-order valence-electron chi connectivity index (χ0n) is 8.40. The lowest BCUT2D eigenvalue weighted by Crippen LogP contribution is -2.08. The summed E-state index contributed by atoms with van der Waals surface area (Å²) in [6.07, 6.45) is 9.35. The Balaban J connectivity index is 2.04. The molecule has 13 heavy (non-hydrogen) atoms. The van der Waals surface area contributed by atoms with E-state index >= 15 is 0 Å². The summed E-state index contributed by atoms with van der Waals surface area (Å²) in [6, 6.07) is 0. The molecule has 1 saturated carbocycles. The van der Waals surface area contributed by atoms with Crippen LogP contribution in [0.1, 0.15) is 26.7 Å². The van der Waals surface area contributed by atoms with Crippen molar-refractivity contribution in [3.8, 4) is 0 Å². The normalized spacial score (nSPS) is 39.9. The molecular formula is C12H18O. The Morgan fingerprint density at radius 2 is 2.23 bits per heavy atom. The standard InChI is InChI=1S/C12H18O/c1-8(9(2)13)5-12-7-10-3-4-11(12)6-10/h3-5,9-13H,6-7H2,1-2H3/b8-5+/t9-,10-,11-,12+/m0/s1. The summed E-state index contributed by atoms with van der Waals surface area (Å²) in [5.74, 6) is 2.29. The van der Waals surface area contributed by atoms with E-state index in [1.54, 1.807) is 0 Å². The van der Waals surface area contributed by atoms with Crippen molar-refractivity contribution in [2.75, 3.05) is 0 Å². The minimum absolute atomic E-state index is 0.275. The molecular weight excluding hydrogens is 160 g/mol. The quantitative estimate of drug-likeness (QED) is 0.644. The number of aliphatic hydroxyl groups is 1. The molecule has 0 radical (unpaired) electrons. The summed E-state index contributed by atoms with van der Waals surface area (Å²) in [4.78, 5) is 0. The molecule has 2 aliphatic rings. The van der Waals surface area contributed by atoms with Crippen molar-refractivity contribution in [3.05, 3.63) is 23.8 Å². The second-order valence-corrected chi connectivity index (χ2v) is 4.53. The van der Waals surface area contributed by atoms with E-state index < -0.39 is 0 Å². The molecule has 1 nitrogen and oxygen atoms in total. The second-order valence-electron chi connectivity index (χ2n) is 4.53. The van der Waals surface area contributed by atoms with Gasteiger partial charge in [-0.05, 0) is 50.0 Å². The van der Waals surface area contributed by atoms with Crippen molar-refractivity contribution >= 4 is 0 Å². The summed E-state index contributed by atoms with van der Waals surface area (Å²) in [5.41, 5.74) is 1.13. The number of hydrogen-bond acceptors (Lipinski definition) is 1. The van der Waals surface area contributed by atoms with E-state index in [-0.39, 0.29) is 6.10 Å². The van der Waals surface area contributed by atoms with Gasteiger partial charge in [-0.2, -0.15) is 0 Å². The number of fused-ring (bicyclic) bond motifs is 2. The van der Waals surface area contributed by atoms with Crippen molar-refractivity contribution in [2.24, 2.45) is 17.8 Å². The van der Waals surface area contributed by atoms with Crippen molar-refractivity contribution in [2.45, 2.75) is 32.8 Å². The SMILES string of the molecule is C/C(=C\[C@@H]1C[C@H]2C=C[C@H]1C2)[C@H](C)O. The third-order valence-electron chi connectivity index (χ3n) is 3.47. The van der Waals surface area contributed by atoms with Gasteiger partial charge in [0.1, 0.15) is 0 Å². The average Bonchev–Trinajstić information content (AvgIpc) is 2.64. The molecule has 2 rings (SSSR count). The molecule has 0 aromatic rings. The van der Waals surface area contributed by atoms with Gasteiger partial charge in [-0.15, -0.1) is 0 Å². The summed E-state index contributed by atoms with van der Waals surface area (Å²) in [6.45, 7) is 3.87. The van der Waals surface area contributed by atoms with Crippen LogP contribution in [0.3, 0.4) is 0 Å². The lowest BCUT2D eigenvalue weighted by molar-refractivity contribution is 0.230. The Morgan fingerprint density at radius 1 is 1.46 bits per heavy atom. The van der Waals surface area contributed by atoms with Gasteiger partial charge in [-0.1, -0.05) is 18.2 Å². The molecule has 1 N–H and O–H groups in total. The maximum atomic E-state index is 9.37. The molecule has 2 bridgehead atoms. The third-order valence-corrected chi connectivity index (χ3v) is 3.47. The molecule has 0 spiro atoms. The topological polar surface area (TPSA) is 20.2 Å². The Kier molecular flexibility index (Phi) is 2.29. The minimum Gasteiger partial charge on any atom is -0.389 e. The fourth-order valence-electron chi connectivity index (χ4n) is 2.49. The smallest absolute Gasteiger partial charge is 0.0719 e. The highest BCUT2D eigenvalue weighted by atomic mass is 16.3.